The molecule has 1 aromatic carbocycles. The molecule has 0 aliphatic heterocycles. The highest BCUT2D eigenvalue weighted by atomic mass is 32.1. The Hall–Kier alpha value is -1.75. The maximum atomic E-state index is 12.2. The average molecular weight is 301 g/mol. The molecule has 21 heavy (non-hydrogen) atoms. The molecule has 1 N–H and O–H groups in total. The summed E-state index contributed by atoms with van der Waals surface area (Å²) < 4.78 is 0. The highest BCUT2D eigenvalue weighted by Gasteiger charge is 2.35. The summed E-state index contributed by atoms with van der Waals surface area (Å²) >= 11 is 1.34. The lowest BCUT2D eigenvalue weighted by Crippen LogP contribution is -2.39. The normalized spacial score (nSPS) is 16.8. The van der Waals surface area contributed by atoms with Crippen LogP contribution in [0.2, 0.25) is 0 Å². The molecule has 0 unspecified atom stereocenters. The molecule has 1 heterocycles. The number of aryl methyl sites for hydroxylation is 1. The van der Waals surface area contributed by atoms with Gasteiger partial charge < -0.3 is 5.32 Å². The van der Waals surface area contributed by atoms with Gasteiger partial charge in [0.25, 0.3) is 5.91 Å². The molecule has 0 radical (unpaired) electrons. The van der Waals surface area contributed by atoms with Crippen molar-refractivity contribution in [2.45, 2.75) is 38.0 Å². The summed E-state index contributed by atoms with van der Waals surface area (Å²) in [6, 6.07) is 10.5. The van der Waals surface area contributed by atoms with Crippen molar-refractivity contribution in [2.24, 2.45) is 0 Å². The van der Waals surface area contributed by atoms with Crippen molar-refractivity contribution in [3.8, 4) is 0 Å². The van der Waals surface area contributed by atoms with E-state index in [2.05, 4.69) is 39.8 Å². The van der Waals surface area contributed by atoms with Gasteiger partial charge in [-0.05, 0) is 25.3 Å². The fourth-order valence-electron chi connectivity index (χ4n) is 3.12. The number of benzene rings is 1. The SMILES string of the molecule is Cc1nnc(C(=O)NCC2(c3ccccc3)CCCC2)s1. The zero-order valence-corrected chi connectivity index (χ0v) is 12.9. The van der Waals surface area contributed by atoms with Crippen molar-refractivity contribution in [1.29, 1.82) is 0 Å². The molecule has 4 nitrogen and oxygen atoms in total. The minimum absolute atomic E-state index is 0.0800. The van der Waals surface area contributed by atoms with Crippen LogP contribution in [0, 0.1) is 6.92 Å². The largest absolute Gasteiger partial charge is 0.349 e. The molecule has 0 saturated heterocycles. The molecule has 110 valence electrons. The maximum Gasteiger partial charge on any atom is 0.282 e. The fraction of sp³-hybridized carbons (Fsp3) is 0.438. The molecule has 5 heteroatoms. The molecule has 1 fully saturated rings. The molecule has 1 aliphatic rings. The van der Waals surface area contributed by atoms with Crippen molar-refractivity contribution in [3.63, 3.8) is 0 Å². The predicted molar refractivity (Wildman–Crippen MR) is 83.6 cm³/mol. The molecule has 0 bridgehead atoms. The van der Waals surface area contributed by atoms with Gasteiger partial charge in [0, 0.05) is 12.0 Å². The third-order valence-electron chi connectivity index (χ3n) is 4.25. The second kappa shape index (κ2) is 5.93. The Morgan fingerprint density at radius 2 is 1.95 bits per heavy atom. The van der Waals surface area contributed by atoms with E-state index in [1.165, 1.54) is 29.7 Å². The first-order valence-corrected chi connectivity index (χ1v) is 8.15. The van der Waals surface area contributed by atoms with Gasteiger partial charge in [-0.2, -0.15) is 0 Å². The van der Waals surface area contributed by atoms with Crippen molar-refractivity contribution in [1.82, 2.24) is 15.5 Å². The van der Waals surface area contributed by atoms with Gasteiger partial charge in [-0.15, -0.1) is 10.2 Å². The topological polar surface area (TPSA) is 54.9 Å². The van der Waals surface area contributed by atoms with Crippen LogP contribution in [0.4, 0.5) is 0 Å². The predicted octanol–water partition coefficient (Wildman–Crippen LogP) is 3.09. The third-order valence-corrected chi connectivity index (χ3v) is 5.09. The summed E-state index contributed by atoms with van der Waals surface area (Å²) in [6.07, 6.45) is 4.71. The second-order valence-electron chi connectivity index (χ2n) is 5.66. The van der Waals surface area contributed by atoms with Crippen LogP contribution in [0.25, 0.3) is 0 Å². The first kappa shape index (κ1) is 14.2. The summed E-state index contributed by atoms with van der Waals surface area (Å²) in [5.41, 5.74) is 1.41. The Bertz CT molecular complexity index is 617. The van der Waals surface area contributed by atoms with E-state index in [9.17, 15) is 4.79 Å². The summed E-state index contributed by atoms with van der Waals surface area (Å²) in [6.45, 7) is 2.53. The van der Waals surface area contributed by atoms with E-state index in [1.807, 2.05) is 13.0 Å². The van der Waals surface area contributed by atoms with Crippen LogP contribution in [0.1, 0.15) is 46.1 Å². The monoisotopic (exact) mass is 301 g/mol. The Balaban J connectivity index is 1.73. The van der Waals surface area contributed by atoms with Gasteiger partial charge >= 0.3 is 0 Å². The van der Waals surface area contributed by atoms with Crippen LogP contribution < -0.4 is 5.32 Å². The molecule has 3 rings (SSSR count). The van der Waals surface area contributed by atoms with E-state index in [1.54, 1.807) is 0 Å². The number of hydrogen-bond donors (Lipinski definition) is 1. The fourth-order valence-corrected chi connectivity index (χ4v) is 3.73. The van der Waals surface area contributed by atoms with Crippen LogP contribution in [-0.4, -0.2) is 22.6 Å². The summed E-state index contributed by atoms with van der Waals surface area (Å²) in [5.74, 6) is -0.109. The van der Waals surface area contributed by atoms with E-state index in [-0.39, 0.29) is 11.3 Å². The van der Waals surface area contributed by atoms with E-state index in [0.29, 0.717) is 11.6 Å². The molecule has 1 aliphatic carbocycles. The molecule has 1 amide bonds. The van der Waals surface area contributed by atoms with E-state index >= 15 is 0 Å². The third kappa shape index (κ3) is 2.97. The van der Waals surface area contributed by atoms with E-state index in [0.717, 1.165) is 17.8 Å². The first-order chi connectivity index (χ1) is 10.2. The highest BCUT2D eigenvalue weighted by Crippen LogP contribution is 2.40. The zero-order chi connectivity index (χ0) is 14.7. The summed E-state index contributed by atoms with van der Waals surface area (Å²) in [7, 11) is 0. The van der Waals surface area contributed by atoms with Crippen molar-refractivity contribution in [3.05, 3.63) is 45.9 Å². The molecule has 0 spiro atoms. The molecule has 0 atom stereocenters. The molecular formula is C16H19N3OS. The Kier molecular flexibility index (Phi) is 4.01. The number of carbonyl (C=O) groups is 1. The Labute approximate surface area is 128 Å². The average Bonchev–Trinajstić information content (AvgIpc) is 3.16. The van der Waals surface area contributed by atoms with Crippen LogP contribution >= 0.6 is 11.3 Å². The summed E-state index contributed by atoms with van der Waals surface area (Å²) in [4.78, 5) is 12.2. The minimum atomic E-state index is -0.109. The van der Waals surface area contributed by atoms with E-state index < -0.39 is 0 Å². The van der Waals surface area contributed by atoms with Crippen LogP contribution in [0.3, 0.4) is 0 Å². The highest BCUT2D eigenvalue weighted by molar-refractivity contribution is 7.13. The number of hydrogen-bond acceptors (Lipinski definition) is 4. The number of amides is 1. The van der Waals surface area contributed by atoms with Crippen LogP contribution in [-0.2, 0) is 5.41 Å². The smallest absolute Gasteiger partial charge is 0.282 e. The minimum Gasteiger partial charge on any atom is -0.349 e. The quantitative estimate of drug-likeness (QED) is 0.944. The number of nitrogens with one attached hydrogen (secondary N) is 1. The maximum absolute atomic E-state index is 12.2. The van der Waals surface area contributed by atoms with E-state index in [4.69, 9.17) is 0 Å². The molecular weight excluding hydrogens is 282 g/mol. The molecule has 1 saturated carbocycles. The van der Waals surface area contributed by atoms with Gasteiger partial charge in [0.1, 0.15) is 5.01 Å². The van der Waals surface area contributed by atoms with Gasteiger partial charge in [0.05, 0.1) is 0 Å². The molecule has 1 aromatic heterocycles. The first-order valence-electron chi connectivity index (χ1n) is 7.33. The number of rotatable bonds is 4. The Morgan fingerprint density at radius 1 is 1.24 bits per heavy atom. The van der Waals surface area contributed by atoms with Crippen LogP contribution in [0.15, 0.2) is 30.3 Å². The van der Waals surface area contributed by atoms with Gasteiger partial charge in [-0.1, -0.05) is 54.5 Å². The molecule has 2 aromatic rings. The lowest BCUT2D eigenvalue weighted by Gasteiger charge is -2.29. The van der Waals surface area contributed by atoms with Crippen molar-refractivity contribution < 1.29 is 4.79 Å². The lowest BCUT2D eigenvalue weighted by molar-refractivity contribution is 0.0942. The number of carbonyl (C=O) groups excluding carboxylic acids is 1. The van der Waals surface area contributed by atoms with Crippen molar-refractivity contribution in [2.75, 3.05) is 6.54 Å². The van der Waals surface area contributed by atoms with Crippen molar-refractivity contribution >= 4 is 17.2 Å². The standard InChI is InChI=1S/C16H19N3OS/c1-12-18-19-15(21-12)14(20)17-11-16(9-5-6-10-16)13-7-3-2-4-8-13/h2-4,7-8H,5-6,9-11H2,1H3,(H,17,20). The number of nitrogens with zero attached hydrogens (tertiary/aromatic N) is 2. The van der Waals surface area contributed by atoms with Crippen LogP contribution in [0.5, 0.6) is 0 Å². The second-order valence-corrected chi connectivity index (χ2v) is 6.84. The Morgan fingerprint density at radius 3 is 2.57 bits per heavy atom. The van der Waals surface area contributed by atoms with Gasteiger partial charge in [0.15, 0.2) is 0 Å². The zero-order valence-electron chi connectivity index (χ0n) is 12.1. The summed E-state index contributed by atoms with van der Waals surface area (Å²) in [5, 5.41) is 12.1. The van der Waals surface area contributed by atoms with Gasteiger partial charge in [0.2, 0.25) is 5.01 Å². The van der Waals surface area contributed by atoms with Gasteiger partial charge in [-0.3, -0.25) is 4.79 Å². The number of aromatic nitrogens is 2. The van der Waals surface area contributed by atoms with Gasteiger partial charge in [-0.25, -0.2) is 0 Å². The lowest BCUT2D eigenvalue weighted by atomic mass is 9.79.